The van der Waals surface area contributed by atoms with Crippen LogP contribution in [-0.4, -0.2) is 20.1 Å². The monoisotopic (exact) mass is 450 g/mol. The zero-order valence-corrected chi connectivity index (χ0v) is 20.0. The highest BCUT2D eigenvalue weighted by Gasteiger charge is 2.28. The lowest BCUT2D eigenvalue weighted by Crippen LogP contribution is -2.32. The summed E-state index contributed by atoms with van der Waals surface area (Å²) in [6, 6.07) is 18.4. The minimum Gasteiger partial charge on any atom is -0.293 e. The molecule has 6 heteroatoms. The van der Waals surface area contributed by atoms with Crippen molar-refractivity contribution in [1.82, 2.24) is 14.3 Å². The van der Waals surface area contributed by atoms with Crippen LogP contribution in [0.1, 0.15) is 42.4 Å². The molecule has 0 radical (unpaired) electrons. The van der Waals surface area contributed by atoms with Crippen LogP contribution in [0.25, 0.3) is 27.5 Å². The van der Waals surface area contributed by atoms with Crippen LogP contribution in [0.4, 0.5) is 5.69 Å². The summed E-state index contributed by atoms with van der Waals surface area (Å²) in [5, 5.41) is 4.49. The number of carbonyl (C=O) groups excluding carboxylic acids is 1. The molecule has 170 valence electrons. The third-order valence-electron chi connectivity index (χ3n) is 5.78. The van der Waals surface area contributed by atoms with E-state index in [1.807, 2.05) is 77.1 Å². The van der Waals surface area contributed by atoms with E-state index in [-0.39, 0.29) is 16.9 Å². The molecule has 4 aromatic rings. The normalized spacial score (nSPS) is 11.3. The van der Waals surface area contributed by atoms with Gasteiger partial charge in [0.1, 0.15) is 0 Å². The fourth-order valence-electron chi connectivity index (χ4n) is 3.99. The molecule has 0 fully saturated rings. The number of pyridine rings is 1. The van der Waals surface area contributed by atoms with Gasteiger partial charge >= 0.3 is 0 Å². The number of aryl methyl sites for hydroxylation is 1. The van der Waals surface area contributed by atoms with Crippen LogP contribution in [-0.2, 0) is 0 Å². The van der Waals surface area contributed by atoms with Gasteiger partial charge in [0.05, 0.1) is 29.7 Å². The van der Waals surface area contributed by atoms with E-state index in [2.05, 4.69) is 9.94 Å². The topological polar surface area (TPSA) is 61.2 Å². The van der Waals surface area contributed by atoms with Gasteiger partial charge in [-0.2, -0.15) is 5.10 Å². The first-order chi connectivity index (χ1) is 16.1. The molecule has 4 rings (SSSR count). The second-order valence-electron chi connectivity index (χ2n) is 9.37. The zero-order valence-electron chi connectivity index (χ0n) is 20.0. The fourth-order valence-corrected chi connectivity index (χ4v) is 3.99. The number of hydrogen-bond donors (Lipinski definition) is 0. The lowest BCUT2D eigenvalue weighted by Gasteiger charge is -2.21. The molecule has 2 aromatic carbocycles. The van der Waals surface area contributed by atoms with Crippen molar-refractivity contribution in [3.8, 4) is 22.6 Å². The van der Waals surface area contributed by atoms with Crippen LogP contribution in [0, 0.1) is 25.8 Å². The van der Waals surface area contributed by atoms with Gasteiger partial charge in [0.15, 0.2) is 11.5 Å². The molecule has 0 aliphatic rings. The lowest BCUT2D eigenvalue weighted by molar-refractivity contribution is 0.0856. The van der Waals surface area contributed by atoms with Gasteiger partial charge in [0, 0.05) is 22.4 Å². The Morgan fingerprint density at radius 3 is 2.29 bits per heavy atom. The van der Waals surface area contributed by atoms with Crippen molar-refractivity contribution in [1.29, 1.82) is 0 Å². The summed E-state index contributed by atoms with van der Waals surface area (Å²) < 4.78 is 3.37. The summed E-state index contributed by atoms with van der Waals surface area (Å²) in [7, 11) is 0. The molecule has 0 unspecified atom stereocenters. The molecule has 0 atom stereocenters. The molecular formula is C28H26N4O2. The summed E-state index contributed by atoms with van der Waals surface area (Å²) in [4.78, 5) is 30.4. The molecule has 0 saturated carbocycles. The number of ketones is 1. The molecule has 0 aliphatic carbocycles. The highest BCUT2D eigenvalue weighted by Crippen LogP contribution is 2.30. The van der Waals surface area contributed by atoms with Crippen LogP contribution in [0.3, 0.4) is 0 Å². The van der Waals surface area contributed by atoms with Crippen molar-refractivity contribution in [3.05, 3.63) is 105 Å². The average molecular weight is 451 g/mol. The van der Waals surface area contributed by atoms with Gasteiger partial charge in [-0.3, -0.25) is 14.2 Å². The van der Waals surface area contributed by atoms with Crippen molar-refractivity contribution in [3.63, 3.8) is 0 Å². The maximum atomic E-state index is 13.6. The maximum absolute atomic E-state index is 13.6. The Labute approximate surface area is 198 Å². The first kappa shape index (κ1) is 22.9. The van der Waals surface area contributed by atoms with E-state index in [1.165, 1.54) is 0 Å². The lowest BCUT2D eigenvalue weighted by atomic mass is 9.86. The first-order valence-corrected chi connectivity index (χ1v) is 11.0. The number of carbonyl (C=O) groups is 1. The molecule has 0 spiro atoms. The summed E-state index contributed by atoms with van der Waals surface area (Å²) in [6.07, 6.45) is 1.69. The summed E-state index contributed by atoms with van der Waals surface area (Å²) in [5.74, 6) is -0.215. The third kappa shape index (κ3) is 4.08. The van der Waals surface area contributed by atoms with Gasteiger partial charge in [-0.25, -0.2) is 9.53 Å². The van der Waals surface area contributed by atoms with E-state index in [4.69, 9.17) is 6.57 Å². The second-order valence-corrected chi connectivity index (χ2v) is 9.37. The number of aromatic nitrogens is 3. The Balaban J connectivity index is 2.02. The van der Waals surface area contributed by atoms with Crippen LogP contribution in [0.15, 0.2) is 71.7 Å². The molecule has 0 aliphatic heterocycles. The molecule has 0 saturated heterocycles. The predicted molar refractivity (Wildman–Crippen MR) is 134 cm³/mol. The van der Waals surface area contributed by atoms with Crippen LogP contribution in [0.2, 0.25) is 0 Å². The van der Waals surface area contributed by atoms with Crippen LogP contribution < -0.4 is 5.56 Å². The van der Waals surface area contributed by atoms with Gasteiger partial charge < -0.3 is 0 Å². The number of Topliss-reactive ketones (excluding diaryl/α,β-unsaturated/α-hetero) is 1. The quantitative estimate of drug-likeness (QED) is 0.279. The second kappa shape index (κ2) is 8.60. The Morgan fingerprint density at radius 2 is 1.68 bits per heavy atom. The molecule has 0 N–H and O–H groups in total. The van der Waals surface area contributed by atoms with Gasteiger partial charge in [-0.1, -0.05) is 45.0 Å². The third-order valence-corrected chi connectivity index (χ3v) is 5.78. The minimum absolute atomic E-state index is 0.144. The molecule has 6 nitrogen and oxygen atoms in total. The average Bonchev–Trinajstić information content (AvgIpc) is 3.28. The predicted octanol–water partition coefficient (Wildman–Crippen LogP) is 6.09. The molecule has 0 amide bonds. The molecule has 0 bridgehead atoms. The molecular weight excluding hydrogens is 424 g/mol. The highest BCUT2D eigenvalue weighted by molar-refractivity contribution is 6.00. The number of benzene rings is 2. The van der Waals surface area contributed by atoms with Crippen LogP contribution in [0.5, 0.6) is 0 Å². The summed E-state index contributed by atoms with van der Waals surface area (Å²) in [5.41, 5.74) is 4.33. The Bertz CT molecular complexity index is 1490. The van der Waals surface area contributed by atoms with Crippen molar-refractivity contribution in [2.24, 2.45) is 5.41 Å². The Morgan fingerprint density at radius 1 is 0.971 bits per heavy atom. The van der Waals surface area contributed by atoms with Gasteiger partial charge in [-0.05, 0) is 55.8 Å². The largest absolute Gasteiger partial charge is 0.293 e. The fraction of sp³-hybridized carbons (Fsp3) is 0.214. The molecule has 34 heavy (non-hydrogen) atoms. The number of rotatable bonds is 4. The van der Waals surface area contributed by atoms with E-state index in [9.17, 15) is 9.59 Å². The Hall–Kier alpha value is -4.24. The van der Waals surface area contributed by atoms with E-state index in [0.717, 1.165) is 22.5 Å². The van der Waals surface area contributed by atoms with Crippen molar-refractivity contribution < 1.29 is 4.79 Å². The van der Waals surface area contributed by atoms with Gasteiger partial charge in [0.25, 0.3) is 5.56 Å². The van der Waals surface area contributed by atoms with Crippen molar-refractivity contribution in [2.45, 2.75) is 34.6 Å². The maximum Gasteiger partial charge on any atom is 0.266 e. The zero-order chi connectivity index (χ0) is 24.6. The van der Waals surface area contributed by atoms with Gasteiger partial charge in [0.2, 0.25) is 0 Å². The summed E-state index contributed by atoms with van der Waals surface area (Å²) >= 11 is 0. The highest BCUT2D eigenvalue weighted by atomic mass is 16.1. The first-order valence-electron chi connectivity index (χ1n) is 11.0. The summed E-state index contributed by atoms with van der Waals surface area (Å²) in [6.45, 7) is 16.5. The molecule has 2 aromatic heterocycles. The standard InChI is InChI=1S/C28H26N4O2/c1-18-8-7-9-22(16-18)31-19(2)23(17-24(27(31)34)26(33)28(3,4)5)25-14-15-30-32(25)21-12-10-20(29-6)11-13-21/h7-17H,1-5H3. The van der Waals surface area contributed by atoms with E-state index < -0.39 is 5.41 Å². The minimum atomic E-state index is -0.716. The van der Waals surface area contributed by atoms with E-state index in [1.54, 1.807) is 33.6 Å². The number of nitrogens with zero attached hydrogens (tertiary/aromatic N) is 4. The number of hydrogen-bond acceptors (Lipinski definition) is 3. The van der Waals surface area contributed by atoms with E-state index in [0.29, 0.717) is 17.1 Å². The molecule has 2 heterocycles. The Kier molecular flexibility index (Phi) is 5.80. The van der Waals surface area contributed by atoms with Crippen molar-refractivity contribution in [2.75, 3.05) is 0 Å². The van der Waals surface area contributed by atoms with E-state index >= 15 is 0 Å². The van der Waals surface area contributed by atoms with Gasteiger partial charge in [-0.15, -0.1) is 0 Å². The SMILES string of the molecule is [C-]#[N+]c1ccc(-n2nccc2-c2cc(C(=O)C(C)(C)C)c(=O)n(-c3cccc(C)c3)c2C)cc1. The van der Waals surface area contributed by atoms with Crippen LogP contribution >= 0.6 is 0 Å². The van der Waals surface area contributed by atoms with Crippen molar-refractivity contribution >= 4 is 11.5 Å². The smallest absolute Gasteiger partial charge is 0.266 e.